The van der Waals surface area contributed by atoms with Crippen LogP contribution in [0.2, 0.25) is 0 Å². The molecule has 20 heavy (non-hydrogen) atoms. The van der Waals surface area contributed by atoms with Gasteiger partial charge in [-0.1, -0.05) is 32.1 Å². The minimum Gasteiger partial charge on any atom is -0.376 e. The van der Waals surface area contributed by atoms with Gasteiger partial charge in [-0.15, -0.1) is 0 Å². The Bertz CT molecular complexity index is 412. The van der Waals surface area contributed by atoms with Crippen LogP contribution in [-0.2, 0) is 18.3 Å². The molecule has 2 fully saturated rings. The Balaban J connectivity index is 1.49. The van der Waals surface area contributed by atoms with Crippen LogP contribution >= 0.6 is 0 Å². The lowest BCUT2D eigenvalue weighted by molar-refractivity contribution is -0.0447. The molecular formula is C16H27N3O. The molecule has 2 heterocycles. The van der Waals surface area contributed by atoms with E-state index in [-0.39, 0.29) is 0 Å². The highest BCUT2D eigenvalue weighted by Gasteiger charge is 2.25. The third kappa shape index (κ3) is 3.61. The Labute approximate surface area is 122 Å². The number of hydrogen-bond acceptors (Lipinski definition) is 3. The zero-order valence-corrected chi connectivity index (χ0v) is 12.6. The number of imidazole rings is 1. The second-order valence-corrected chi connectivity index (χ2v) is 6.42. The summed E-state index contributed by atoms with van der Waals surface area (Å²) in [5.74, 6) is 2.06. The lowest BCUT2D eigenvalue weighted by Gasteiger charge is -2.35. The molecule has 3 rings (SSSR count). The van der Waals surface area contributed by atoms with E-state index in [1.54, 1.807) is 0 Å². The summed E-state index contributed by atoms with van der Waals surface area (Å²) in [6, 6.07) is 0. The Hall–Kier alpha value is -0.870. The smallest absolute Gasteiger partial charge is 0.122 e. The van der Waals surface area contributed by atoms with Gasteiger partial charge in [0.05, 0.1) is 19.3 Å². The topological polar surface area (TPSA) is 30.3 Å². The molecule has 4 nitrogen and oxygen atoms in total. The maximum Gasteiger partial charge on any atom is 0.122 e. The molecule has 0 N–H and O–H groups in total. The molecule has 1 atom stereocenters. The normalized spacial score (nSPS) is 25.9. The summed E-state index contributed by atoms with van der Waals surface area (Å²) in [6.45, 7) is 3.94. The van der Waals surface area contributed by atoms with Crippen molar-refractivity contribution in [3.63, 3.8) is 0 Å². The molecule has 0 bridgehead atoms. The summed E-state index contributed by atoms with van der Waals surface area (Å²) in [5, 5.41) is 0. The first-order chi connectivity index (χ1) is 9.81. The second kappa shape index (κ2) is 6.72. The van der Waals surface area contributed by atoms with Gasteiger partial charge in [0.15, 0.2) is 0 Å². The zero-order chi connectivity index (χ0) is 13.8. The van der Waals surface area contributed by atoms with Gasteiger partial charge in [-0.25, -0.2) is 4.98 Å². The standard InChI is InChI=1S/C16H27N3O/c1-18-8-7-17-16(18)13-19-9-10-20-15(12-19)11-14-5-3-2-4-6-14/h7-8,14-15H,2-6,9-13H2,1H3. The third-order valence-corrected chi connectivity index (χ3v) is 4.83. The van der Waals surface area contributed by atoms with Crippen molar-refractivity contribution >= 4 is 0 Å². The Morgan fingerprint density at radius 3 is 2.90 bits per heavy atom. The van der Waals surface area contributed by atoms with Crippen LogP contribution in [-0.4, -0.2) is 40.3 Å². The molecule has 1 aliphatic heterocycles. The van der Waals surface area contributed by atoms with Crippen LogP contribution in [0.3, 0.4) is 0 Å². The van der Waals surface area contributed by atoms with Gasteiger partial charge in [-0.05, 0) is 12.3 Å². The summed E-state index contributed by atoms with van der Waals surface area (Å²) >= 11 is 0. The first-order valence-corrected chi connectivity index (χ1v) is 8.11. The molecular weight excluding hydrogens is 250 g/mol. The number of hydrogen-bond donors (Lipinski definition) is 0. The molecule has 1 saturated heterocycles. The number of nitrogens with zero attached hydrogens (tertiary/aromatic N) is 3. The SMILES string of the molecule is Cn1ccnc1CN1CCOC(CC2CCCCC2)C1. The summed E-state index contributed by atoms with van der Waals surface area (Å²) in [6.07, 6.45) is 12.7. The van der Waals surface area contributed by atoms with Crippen molar-refractivity contribution in [2.45, 2.75) is 51.2 Å². The molecule has 1 aromatic rings. The predicted molar refractivity (Wildman–Crippen MR) is 79.4 cm³/mol. The summed E-state index contributed by atoms with van der Waals surface area (Å²) in [4.78, 5) is 6.93. The number of aromatic nitrogens is 2. The van der Waals surface area contributed by atoms with E-state index in [9.17, 15) is 0 Å². The maximum atomic E-state index is 5.99. The van der Waals surface area contributed by atoms with E-state index in [0.29, 0.717) is 6.10 Å². The Morgan fingerprint density at radius 2 is 2.15 bits per heavy atom. The van der Waals surface area contributed by atoms with Gasteiger partial charge in [0, 0.05) is 32.5 Å². The van der Waals surface area contributed by atoms with Crippen LogP contribution < -0.4 is 0 Å². The fraction of sp³-hybridized carbons (Fsp3) is 0.812. The molecule has 112 valence electrons. The first kappa shape index (κ1) is 14.1. The van der Waals surface area contributed by atoms with Crippen LogP contribution in [0, 0.1) is 5.92 Å². The van der Waals surface area contributed by atoms with Crippen molar-refractivity contribution in [1.82, 2.24) is 14.5 Å². The van der Waals surface area contributed by atoms with Crippen LogP contribution in [0.4, 0.5) is 0 Å². The summed E-state index contributed by atoms with van der Waals surface area (Å²) in [5.41, 5.74) is 0. The van der Waals surface area contributed by atoms with Crippen molar-refractivity contribution in [2.75, 3.05) is 19.7 Å². The molecule has 1 aromatic heterocycles. The van der Waals surface area contributed by atoms with E-state index >= 15 is 0 Å². The van der Waals surface area contributed by atoms with E-state index in [2.05, 4.69) is 21.5 Å². The third-order valence-electron chi connectivity index (χ3n) is 4.83. The lowest BCUT2D eigenvalue weighted by atomic mass is 9.85. The predicted octanol–water partition coefficient (Wildman–Crippen LogP) is 2.59. The molecule has 1 aliphatic carbocycles. The van der Waals surface area contributed by atoms with Crippen molar-refractivity contribution in [2.24, 2.45) is 13.0 Å². The fourth-order valence-corrected chi connectivity index (χ4v) is 3.61. The molecule has 4 heteroatoms. The molecule has 0 amide bonds. The lowest BCUT2D eigenvalue weighted by Crippen LogP contribution is -2.43. The average Bonchev–Trinajstić information content (AvgIpc) is 2.86. The quantitative estimate of drug-likeness (QED) is 0.847. The molecule has 0 spiro atoms. The monoisotopic (exact) mass is 277 g/mol. The van der Waals surface area contributed by atoms with E-state index in [1.807, 2.05) is 12.4 Å². The van der Waals surface area contributed by atoms with Gasteiger partial charge in [0.2, 0.25) is 0 Å². The number of rotatable bonds is 4. The van der Waals surface area contributed by atoms with Crippen molar-refractivity contribution < 1.29 is 4.74 Å². The van der Waals surface area contributed by atoms with Crippen LogP contribution in [0.15, 0.2) is 12.4 Å². The molecule has 1 saturated carbocycles. The maximum absolute atomic E-state index is 5.99. The number of aryl methyl sites for hydroxylation is 1. The van der Waals surface area contributed by atoms with Crippen LogP contribution in [0.5, 0.6) is 0 Å². The van der Waals surface area contributed by atoms with Crippen molar-refractivity contribution in [3.8, 4) is 0 Å². The molecule has 0 aromatic carbocycles. The van der Waals surface area contributed by atoms with Gasteiger partial charge in [-0.3, -0.25) is 4.90 Å². The molecule has 2 aliphatic rings. The Kier molecular flexibility index (Phi) is 4.73. The van der Waals surface area contributed by atoms with Crippen molar-refractivity contribution in [1.29, 1.82) is 0 Å². The molecule has 0 radical (unpaired) electrons. The van der Waals surface area contributed by atoms with Crippen LogP contribution in [0.1, 0.15) is 44.3 Å². The number of ether oxygens (including phenoxy) is 1. The van der Waals surface area contributed by atoms with Gasteiger partial charge < -0.3 is 9.30 Å². The zero-order valence-electron chi connectivity index (χ0n) is 12.6. The van der Waals surface area contributed by atoms with Gasteiger partial charge >= 0.3 is 0 Å². The minimum absolute atomic E-state index is 0.437. The van der Waals surface area contributed by atoms with Crippen molar-refractivity contribution in [3.05, 3.63) is 18.2 Å². The number of morpholine rings is 1. The first-order valence-electron chi connectivity index (χ1n) is 8.11. The largest absolute Gasteiger partial charge is 0.376 e. The molecule has 1 unspecified atom stereocenters. The summed E-state index contributed by atoms with van der Waals surface area (Å²) in [7, 11) is 2.07. The summed E-state index contributed by atoms with van der Waals surface area (Å²) < 4.78 is 8.11. The fourth-order valence-electron chi connectivity index (χ4n) is 3.61. The highest BCUT2D eigenvalue weighted by atomic mass is 16.5. The van der Waals surface area contributed by atoms with Crippen LogP contribution in [0.25, 0.3) is 0 Å². The minimum atomic E-state index is 0.437. The van der Waals surface area contributed by atoms with E-state index in [1.165, 1.54) is 38.5 Å². The van der Waals surface area contributed by atoms with E-state index < -0.39 is 0 Å². The van der Waals surface area contributed by atoms with E-state index in [4.69, 9.17) is 4.74 Å². The van der Waals surface area contributed by atoms with Gasteiger partial charge in [-0.2, -0.15) is 0 Å². The highest BCUT2D eigenvalue weighted by molar-refractivity contribution is 4.92. The second-order valence-electron chi connectivity index (χ2n) is 6.42. The average molecular weight is 277 g/mol. The van der Waals surface area contributed by atoms with Gasteiger partial charge in [0.25, 0.3) is 0 Å². The highest BCUT2D eigenvalue weighted by Crippen LogP contribution is 2.29. The Morgan fingerprint density at radius 1 is 1.30 bits per heavy atom. The van der Waals surface area contributed by atoms with Gasteiger partial charge in [0.1, 0.15) is 5.82 Å². The van der Waals surface area contributed by atoms with E-state index in [0.717, 1.165) is 38.0 Å².